The molecule has 0 unspecified atom stereocenters. The molecule has 1 amide bonds. The minimum absolute atomic E-state index is 0.0316. The van der Waals surface area contributed by atoms with Crippen LogP contribution in [0.4, 0.5) is 0 Å². The van der Waals surface area contributed by atoms with E-state index in [1.54, 1.807) is 32.4 Å². The van der Waals surface area contributed by atoms with Crippen molar-refractivity contribution in [1.82, 2.24) is 4.90 Å². The van der Waals surface area contributed by atoms with Crippen LogP contribution < -0.4 is 15.2 Å². The van der Waals surface area contributed by atoms with E-state index in [4.69, 9.17) is 15.2 Å². The molecule has 1 aromatic carbocycles. The maximum Gasteiger partial charge on any atom is 0.258 e. The second-order valence-electron chi connectivity index (χ2n) is 4.94. The summed E-state index contributed by atoms with van der Waals surface area (Å²) in [6, 6.07) is 5.57. The Labute approximate surface area is 119 Å². The second kappa shape index (κ2) is 6.61. The molecule has 1 aliphatic rings. The van der Waals surface area contributed by atoms with Crippen LogP contribution in [-0.2, 0) is 0 Å². The van der Waals surface area contributed by atoms with E-state index in [1.807, 2.05) is 4.90 Å². The van der Waals surface area contributed by atoms with E-state index in [0.29, 0.717) is 36.2 Å². The van der Waals surface area contributed by atoms with Gasteiger partial charge in [-0.3, -0.25) is 4.79 Å². The molecule has 0 atom stereocenters. The van der Waals surface area contributed by atoms with Gasteiger partial charge in [0.15, 0.2) is 0 Å². The van der Waals surface area contributed by atoms with Gasteiger partial charge in [-0.15, -0.1) is 0 Å². The number of rotatable bonds is 6. The minimum atomic E-state index is -0.0316. The predicted molar refractivity (Wildman–Crippen MR) is 77.3 cm³/mol. The molecule has 0 spiro atoms. The minimum Gasteiger partial charge on any atom is -0.497 e. The Hall–Kier alpha value is -1.75. The highest BCUT2D eigenvalue weighted by Crippen LogP contribution is 2.30. The van der Waals surface area contributed by atoms with Gasteiger partial charge in [0.2, 0.25) is 0 Å². The van der Waals surface area contributed by atoms with Crippen LogP contribution in [0.2, 0.25) is 0 Å². The summed E-state index contributed by atoms with van der Waals surface area (Å²) in [5.41, 5.74) is 6.17. The molecule has 2 N–H and O–H groups in total. The molecule has 5 heteroatoms. The van der Waals surface area contributed by atoms with Gasteiger partial charge in [0, 0.05) is 19.1 Å². The maximum absolute atomic E-state index is 12.8. The number of methoxy groups -OCH3 is 2. The smallest absolute Gasteiger partial charge is 0.258 e. The van der Waals surface area contributed by atoms with Crippen molar-refractivity contribution in [2.75, 3.05) is 27.3 Å². The molecular formula is C15H22N2O3. The van der Waals surface area contributed by atoms with E-state index < -0.39 is 0 Å². The molecule has 110 valence electrons. The molecular weight excluding hydrogens is 256 g/mol. The molecule has 2 rings (SSSR count). The number of ether oxygens (including phenoxy) is 2. The Morgan fingerprint density at radius 3 is 2.60 bits per heavy atom. The number of carbonyl (C=O) groups is 1. The highest BCUT2D eigenvalue weighted by molar-refractivity contribution is 5.97. The summed E-state index contributed by atoms with van der Waals surface area (Å²) < 4.78 is 10.5. The van der Waals surface area contributed by atoms with Crippen molar-refractivity contribution < 1.29 is 14.3 Å². The van der Waals surface area contributed by atoms with Gasteiger partial charge in [-0.1, -0.05) is 0 Å². The Morgan fingerprint density at radius 1 is 1.35 bits per heavy atom. The first-order valence-corrected chi connectivity index (χ1v) is 6.94. The monoisotopic (exact) mass is 278 g/mol. The van der Waals surface area contributed by atoms with Crippen LogP contribution in [0.15, 0.2) is 18.2 Å². The number of nitrogens with two attached hydrogens (primary N) is 1. The topological polar surface area (TPSA) is 64.8 Å². The van der Waals surface area contributed by atoms with Gasteiger partial charge in [-0.25, -0.2) is 0 Å². The third kappa shape index (κ3) is 2.88. The van der Waals surface area contributed by atoms with Crippen molar-refractivity contribution in [3.63, 3.8) is 0 Å². The van der Waals surface area contributed by atoms with E-state index in [1.165, 1.54) is 6.42 Å². The highest BCUT2D eigenvalue weighted by Gasteiger charge is 2.30. The van der Waals surface area contributed by atoms with Crippen LogP contribution in [0.5, 0.6) is 11.5 Å². The number of carbonyl (C=O) groups excluding carboxylic acids is 1. The molecule has 0 bridgehead atoms. The van der Waals surface area contributed by atoms with Crippen molar-refractivity contribution in [1.29, 1.82) is 0 Å². The summed E-state index contributed by atoms with van der Waals surface area (Å²) in [6.07, 6.45) is 3.28. The van der Waals surface area contributed by atoms with Crippen molar-refractivity contribution >= 4 is 5.91 Å². The van der Waals surface area contributed by atoms with E-state index >= 15 is 0 Å². The normalized spacial score (nSPS) is 14.6. The average molecular weight is 278 g/mol. The third-order valence-electron chi connectivity index (χ3n) is 3.78. The van der Waals surface area contributed by atoms with Gasteiger partial charge < -0.3 is 20.1 Å². The van der Waals surface area contributed by atoms with Crippen molar-refractivity contribution in [2.24, 2.45) is 5.73 Å². The van der Waals surface area contributed by atoms with Crippen molar-refractivity contribution in [3.05, 3.63) is 23.8 Å². The summed E-state index contributed by atoms with van der Waals surface area (Å²) in [5, 5.41) is 0. The molecule has 0 heterocycles. The lowest BCUT2D eigenvalue weighted by Gasteiger charge is -2.37. The first-order chi connectivity index (χ1) is 9.71. The fourth-order valence-corrected chi connectivity index (χ4v) is 2.42. The van der Waals surface area contributed by atoms with E-state index in [0.717, 1.165) is 12.8 Å². The number of nitrogens with zero attached hydrogens (tertiary/aromatic N) is 1. The van der Waals surface area contributed by atoms with E-state index in [2.05, 4.69) is 0 Å². The van der Waals surface area contributed by atoms with E-state index in [9.17, 15) is 4.79 Å². The molecule has 0 saturated heterocycles. The Kier molecular flexibility index (Phi) is 4.84. The summed E-state index contributed by atoms with van der Waals surface area (Å²) in [5.74, 6) is 1.18. The molecule has 0 aromatic heterocycles. The van der Waals surface area contributed by atoms with Gasteiger partial charge >= 0.3 is 0 Å². The zero-order valence-electron chi connectivity index (χ0n) is 12.1. The number of hydrogen-bond donors (Lipinski definition) is 1. The summed E-state index contributed by atoms with van der Waals surface area (Å²) in [6.45, 7) is 1.04. The quantitative estimate of drug-likeness (QED) is 0.859. The Morgan fingerprint density at radius 2 is 2.10 bits per heavy atom. The lowest BCUT2D eigenvalue weighted by Crippen LogP contribution is -2.46. The molecule has 1 saturated carbocycles. The molecule has 0 radical (unpaired) electrons. The van der Waals surface area contributed by atoms with E-state index in [-0.39, 0.29) is 5.91 Å². The maximum atomic E-state index is 12.8. The summed E-state index contributed by atoms with van der Waals surface area (Å²) in [4.78, 5) is 14.6. The van der Waals surface area contributed by atoms with Gasteiger partial charge in [0.1, 0.15) is 11.5 Å². The zero-order chi connectivity index (χ0) is 14.5. The largest absolute Gasteiger partial charge is 0.497 e. The van der Waals surface area contributed by atoms with Gasteiger partial charge in [-0.2, -0.15) is 0 Å². The Bertz CT molecular complexity index is 472. The van der Waals surface area contributed by atoms with Crippen LogP contribution in [0.1, 0.15) is 29.6 Å². The van der Waals surface area contributed by atoms with Gasteiger partial charge in [-0.05, 0) is 37.5 Å². The molecule has 0 aliphatic heterocycles. The van der Waals surface area contributed by atoms with Crippen molar-refractivity contribution in [3.8, 4) is 11.5 Å². The average Bonchev–Trinajstić information content (AvgIpc) is 2.43. The van der Waals surface area contributed by atoms with Crippen LogP contribution in [0.25, 0.3) is 0 Å². The van der Waals surface area contributed by atoms with Crippen LogP contribution in [0, 0.1) is 0 Å². The summed E-state index contributed by atoms with van der Waals surface area (Å²) in [7, 11) is 3.15. The fourth-order valence-electron chi connectivity index (χ4n) is 2.42. The number of hydrogen-bond acceptors (Lipinski definition) is 4. The first-order valence-electron chi connectivity index (χ1n) is 6.94. The van der Waals surface area contributed by atoms with Gasteiger partial charge in [0.25, 0.3) is 5.91 Å². The number of amides is 1. The lowest BCUT2D eigenvalue weighted by molar-refractivity contribution is 0.0585. The first kappa shape index (κ1) is 14.7. The van der Waals surface area contributed by atoms with Crippen molar-refractivity contribution in [2.45, 2.75) is 25.3 Å². The predicted octanol–water partition coefficient (Wildman–Crippen LogP) is 1.66. The third-order valence-corrected chi connectivity index (χ3v) is 3.78. The van der Waals surface area contributed by atoms with Crippen LogP contribution >= 0.6 is 0 Å². The second-order valence-corrected chi connectivity index (χ2v) is 4.94. The summed E-state index contributed by atoms with van der Waals surface area (Å²) >= 11 is 0. The standard InChI is InChI=1S/C15H22N2O3/c1-19-12-6-7-14(20-2)13(10-12)15(18)17(9-8-16)11-4-3-5-11/h6-7,10-11H,3-5,8-9,16H2,1-2H3. The number of benzene rings is 1. The molecule has 20 heavy (non-hydrogen) atoms. The molecule has 1 aliphatic carbocycles. The van der Waals surface area contributed by atoms with Crippen LogP contribution in [-0.4, -0.2) is 44.2 Å². The lowest BCUT2D eigenvalue weighted by atomic mass is 9.91. The molecule has 1 fully saturated rings. The van der Waals surface area contributed by atoms with Crippen LogP contribution in [0.3, 0.4) is 0 Å². The Balaban J connectivity index is 2.29. The SMILES string of the molecule is COc1ccc(OC)c(C(=O)N(CCN)C2CCC2)c1. The fraction of sp³-hybridized carbons (Fsp3) is 0.533. The molecule has 1 aromatic rings. The molecule has 5 nitrogen and oxygen atoms in total. The highest BCUT2D eigenvalue weighted by atomic mass is 16.5. The zero-order valence-corrected chi connectivity index (χ0v) is 12.1. The van der Waals surface area contributed by atoms with Gasteiger partial charge in [0.05, 0.1) is 19.8 Å².